The lowest BCUT2D eigenvalue weighted by Crippen LogP contribution is -2.52. The quantitative estimate of drug-likeness (QED) is 0.850. The highest BCUT2D eigenvalue weighted by Gasteiger charge is 2.39. The minimum absolute atomic E-state index is 0.0422. The number of amides is 1. The van der Waals surface area contributed by atoms with Gasteiger partial charge < -0.3 is 10.6 Å². The van der Waals surface area contributed by atoms with Crippen molar-refractivity contribution in [3.05, 3.63) is 29.8 Å². The molecule has 1 saturated carbocycles. The SMILES string of the molecule is Cc1cccc(N(C)C(=O)C2(N)CCCC2)c1. The molecule has 0 aromatic heterocycles. The number of rotatable bonds is 2. The number of nitrogens with zero attached hydrogens (tertiary/aromatic N) is 1. The van der Waals surface area contributed by atoms with E-state index in [9.17, 15) is 4.79 Å². The third-order valence-corrected chi connectivity index (χ3v) is 3.62. The smallest absolute Gasteiger partial charge is 0.246 e. The van der Waals surface area contributed by atoms with Crippen molar-refractivity contribution in [2.45, 2.75) is 38.1 Å². The van der Waals surface area contributed by atoms with Gasteiger partial charge in [-0.3, -0.25) is 4.79 Å². The van der Waals surface area contributed by atoms with Gasteiger partial charge in [0, 0.05) is 12.7 Å². The van der Waals surface area contributed by atoms with Crippen LogP contribution in [0.1, 0.15) is 31.2 Å². The Bertz CT molecular complexity index is 422. The van der Waals surface area contributed by atoms with Crippen LogP contribution >= 0.6 is 0 Å². The summed E-state index contributed by atoms with van der Waals surface area (Å²) in [5.74, 6) is 0.0422. The number of carbonyl (C=O) groups excluding carboxylic acids is 1. The zero-order valence-corrected chi connectivity index (χ0v) is 10.6. The normalized spacial score (nSPS) is 18.1. The number of nitrogens with two attached hydrogens (primary N) is 1. The molecule has 0 atom stereocenters. The van der Waals surface area contributed by atoms with Crippen molar-refractivity contribution in [2.75, 3.05) is 11.9 Å². The fourth-order valence-electron chi connectivity index (χ4n) is 2.51. The molecule has 0 spiro atoms. The van der Waals surface area contributed by atoms with Gasteiger partial charge in [0.2, 0.25) is 5.91 Å². The van der Waals surface area contributed by atoms with Gasteiger partial charge in [-0.15, -0.1) is 0 Å². The van der Waals surface area contributed by atoms with E-state index in [1.165, 1.54) is 0 Å². The molecule has 0 radical (unpaired) electrons. The molecule has 3 heteroatoms. The molecule has 92 valence electrons. The van der Waals surface area contributed by atoms with E-state index >= 15 is 0 Å². The average Bonchev–Trinajstić information content (AvgIpc) is 2.75. The summed E-state index contributed by atoms with van der Waals surface area (Å²) in [7, 11) is 1.81. The van der Waals surface area contributed by atoms with Gasteiger partial charge in [0.25, 0.3) is 0 Å². The third kappa shape index (κ3) is 2.34. The first kappa shape index (κ1) is 12.1. The van der Waals surface area contributed by atoms with Crippen LogP contribution in [-0.2, 0) is 4.79 Å². The minimum atomic E-state index is -0.640. The summed E-state index contributed by atoms with van der Waals surface area (Å²) in [5.41, 5.74) is 7.62. The largest absolute Gasteiger partial charge is 0.317 e. The average molecular weight is 232 g/mol. The second kappa shape index (κ2) is 4.49. The molecule has 1 fully saturated rings. The fraction of sp³-hybridized carbons (Fsp3) is 0.500. The molecule has 0 saturated heterocycles. The zero-order chi connectivity index (χ0) is 12.5. The molecular formula is C14H20N2O. The van der Waals surface area contributed by atoms with E-state index in [1.807, 2.05) is 38.2 Å². The van der Waals surface area contributed by atoms with Gasteiger partial charge >= 0.3 is 0 Å². The lowest BCUT2D eigenvalue weighted by Gasteiger charge is -2.28. The Hall–Kier alpha value is -1.35. The predicted molar refractivity (Wildman–Crippen MR) is 70.0 cm³/mol. The van der Waals surface area contributed by atoms with Crippen molar-refractivity contribution in [1.82, 2.24) is 0 Å². The van der Waals surface area contributed by atoms with Gasteiger partial charge in [0.1, 0.15) is 0 Å². The van der Waals surface area contributed by atoms with Crippen molar-refractivity contribution in [3.63, 3.8) is 0 Å². The maximum Gasteiger partial charge on any atom is 0.246 e. The molecule has 1 aromatic carbocycles. The molecule has 1 aliphatic carbocycles. The number of likely N-dealkylation sites (N-methyl/N-ethyl adjacent to an activating group) is 1. The van der Waals surface area contributed by atoms with Crippen molar-refractivity contribution in [2.24, 2.45) is 5.73 Å². The maximum atomic E-state index is 12.4. The van der Waals surface area contributed by atoms with Crippen LogP contribution in [0.4, 0.5) is 5.69 Å². The topological polar surface area (TPSA) is 46.3 Å². The Kier molecular flexibility index (Phi) is 3.20. The van der Waals surface area contributed by atoms with Crippen LogP contribution in [0.2, 0.25) is 0 Å². The monoisotopic (exact) mass is 232 g/mol. The second-order valence-corrected chi connectivity index (χ2v) is 5.07. The summed E-state index contributed by atoms with van der Waals surface area (Å²) in [6.45, 7) is 2.02. The molecule has 2 N–H and O–H groups in total. The molecule has 2 rings (SSSR count). The van der Waals surface area contributed by atoms with Gasteiger partial charge in [-0.05, 0) is 37.5 Å². The Morgan fingerprint density at radius 3 is 2.59 bits per heavy atom. The molecule has 3 nitrogen and oxygen atoms in total. The Morgan fingerprint density at radius 1 is 1.35 bits per heavy atom. The van der Waals surface area contributed by atoms with E-state index < -0.39 is 5.54 Å². The Morgan fingerprint density at radius 2 is 2.00 bits per heavy atom. The number of anilines is 1. The molecule has 0 unspecified atom stereocenters. The van der Waals surface area contributed by atoms with Gasteiger partial charge in [-0.2, -0.15) is 0 Å². The molecule has 1 aromatic rings. The van der Waals surface area contributed by atoms with Crippen molar-refractivity contribution in [1.29, 1.82) is 0 Å². The van der Waals surface area contributed by atoms with E-state index in [2.05, 4.69) is 0 Å². The van der Waals surface area contributed by atoms with Gasteiger partial charge in [-0.1, -0.05) is 25.0 Å². The van der Waals surface area contributed by atoms with Crippen LogP contribution in [0.15, 0.2) is 24.3 Å². The highest BCUT2D eigenvalue weighted by molar-refractivity contribution is 5.99. The summed E-state index contributed by atoms with van der Waals surface area (Å²) < 4.78 is 0. The Balaban J connectivity index is 2.20. The summed E-state index contributed by atoms with van der Waals surface area (Å²) in [4.78, 5) is 14.1. The number of aryl methyl sites for hydroxylation is 1. The van der Waals surface area contributed by atoms with Crippen LogP contribution < -0.4 is 10.6 Å². The molecule has 0 bridgehead atoms. The number of benzene rings is 1. The van der Waals surface area contributed by atoms with E-state index in [0.29, 0.717) is 0 Å². The minimum Gasteiger partial charge on any atom is -0.317 e. The van der Waals surface area contributed by atoms with Gasteiger partial charge in [0.15, 0.2) is 0 Å². The zero-order valence-electron chi connectivity index (χ0n) is 10.6. The molecule has 0 aliphatic heterocycles. The molecule has 1 aliphatic rings. The van der Waals surface area contributed by atoms with E-state index in [-0.39, 0.29) is 5.91 Å². The van der Waals surface area contributed by atoms with Crippen LogP contribution in [0, 0.1) is 6.92 Å². The van der Waals surface area contributed by atoms with Crippen LogP contribution in [-0.4, -0.2) is 18.5 Å². The number of hydrogen-bond donors (Lipinski definition) is 1. The van der Waals surface area contributed by atoms with Crippen molar-refractivity contribution >= 4 is 11.6 Å². The van der Waals surface area contributed by atoms with E-state index in [0.717, 1.165) is 36.9 Å². The standard InChI is InChI=1S/C14H20N2O/c1-11-6-5-7-12(10-11)16(2)13(17)14(15)8-3-4-9-14/h5-7,10H,3-4,8-9,15H2,1-2H3. The lowest BCUT2D eigenvalue weighted by molar-refractivity contribution is -0.123. The predicted octanol–water partition coefficient (Wildman–Crippen LogP) is 2.23. The summed E-state index contributed by atoms with van der Waals surface area (Å²) in [6.07, 6.45) is 3.73. The van der Waals surface area contributed by atoms with Crippen molar-refractivity contribution in [3.8, 4) is 0 Å². The highest BCUT2D eigenvalue weighted by atomic mass is 16.2. The lowest BCUT2D eigenvalue weighted by atomic mass is 9.97. The van der Waals surface area contributed by atoms with Crippen LogP contribution in [0.3, 0.4) is 0 Å². The van der Waals surface area contributed by atoms with Crippen molar-refractivity contribution < 1.29 is 4.79 Å². The first-order valence-electron chi connectivity index (χ1n) is 6.17. The Labute approximate surface area is 103 Å². The van der Waals surface area contributed by atoms with E-state index in [1.54, 1.807) is 4.90 Å². The van der Waals surface area contributed by atoms with Gasteiger partial charge in [-0.25, -0.2) is 0 Å². The molecule has 0 heterocycles. The summed E-state index contributed by atoms with van der Waals surface area (Å²) >= 11 is 0. The van der Waals surface area contributed by atoms with Crippen LogP contribution in [0.25, 0.3) is 0 Å². The molecular weight excluding hydrogens is 212 g/mol. The highest BCUT2D eigenvalue weighted by Crippen LogP contribution is 2.30. The van der Waals surface area contributed by atoms with Crippen LogP contribution in [0.5, 0.6) is 0 Å². The third-order valence-electron chi connectivity index (χ3n) is 3.62. The molecule has 1 amide bonds. The summed E-state index contributed by atoms with van der Waals surface area (Å²) in [6, 6.07) is 7.95. The summed E-state index contributed by atoms with van der Waals surface area (Å²) in [5, 5.41) is 0. The first-order chi connectivity index (χ1) is 8.03. The second-order valence-electron chi connectivity index (χ2n) is 5.07. The maximum absolute atomic E-state index is 12.4. The number of hydrogen-bond acceptors (Lipinski definition) is 2. The van der Waals surface area contributed by atoms with E-state index in [4.69, 9.17) is 5.73 Å². The first-order valence-corrected chi connectivity index (χ1v) is 6.17. The fourth-order valence-corrected chi connectivity index (χ4v) is 2.51. The molecule has 17 heavy (non-hydrogen) atoms. The number of carbonyl (C=O) groups is 1. The van der Waals surface area contributed by atoms with Gasteiger partial charge in [0.05, 0.1) is 5.54 Å².